The largest absolute Gasteiger partial charge is 0.311 e. The van der Waals surface area contributed by atoms with Gasteiger partial charge in [0.2, 0.25) is 0 Å². The highest BCUT2D eigenvalue weighted by Gasteiger charge is 2.52. The predicted octanol–water partition coefficient (Wildman–Crippen LogP) is 13.1. The molecule has 0 amide bonds. The van der Waals surface area contributed by atoms with Crippen LogP contribution in [-0.4, -0.2) is 4.57 Å². The van der Waals surface area contributed by atoms with E-state index in [9.17, 15) is 0 Å². The molecule has 10 rings (SSSR count). The first-order valence-electron chi connectivity index (χ1n) is 18.4. The van der Waals surface area contributed by atoms with E-state index in [0.29, 0.717) is 5.92 Å². The van der Waals surface area contributed by atoms with Crippen molar-refractivity contribution in [3.63, 3.8) is 0 Å². The van der Waals surface area contributed by atoms with Crippen LogP contribution in [0.15, 0.2) is 188 Å². The second-order valence-corrected chi connectivity index (χ2v) is 15.2. The first-order valence-corrected chi connectivity index (χ1v) is 18.4. The molecule has 0 saturated heterocycles. The molecule has 1 heterocycles. The number of rotatable bonds is 5. The molecule has 2 heteroatoms. The third-order valence-corrected chi connectivity index (χ3v) is 11.9. The van der Waals surface area contributed by atoms with Gasteiger partial charge >= 0.3 is 0 Å². The molecule has 1 aromatic heterocycles. The average molecular weight is 669 g/mol. The van der Waals surface area contributed by atoms with Crippen LogP contribution >= 0.6 is 0 Å². The summed E-state index contributed by atoms with van der Waals surface area (Å²) in [7, 11) is 0. The molecule has 8 aromatic rings. The van der Waals surface area contributed by atoms with Crippen LogP contribution in [0.1, 0.15) is 31.9 Å². The summed E-state index contributed by atoms with van der Waals surface area (Å²) in [6.07, 6.45) is 7.34. The van der Waals surface area contributed by atoms with Crippen LogP contribution in [0.25, 0.3) is 49.4 Å². The number of allylic oxidation sites excluding steroid dienone is 3. The average Bonchev–Trinajstić information content (AvgIpc) is 3.61. The SMILES string of the molecule is CC1(C)c2ccccc2C2(C)C=CC(N(c3ccccc3)c3ccc(-n4c5ccccc5c5cc6ccccc6c(-c6ccccc6)c54)cc3)=CC12. The van der Waals surface area contributed by atoms with Gasteiger partial charge < -0.3 is 9.47 Å². The maximum Gasteiger partial charge on any atom is 0.0625 e. The fourth-order valence-electron chi connectivity index (χ4n) is 9.54. The Balaban J connectivity index is 1.15. The zero-order valence-corrected chi connectivity index (χ0v) is 29.8. The number of para-hydroxylation sites is 2. The molecule has 0 saturated carbocycles. The van der Waals surface area contributed by atoms with Gasteiger partial charge in [0.05, 0.1) is 11.0 Å². The summed E-state index contributed by atoms with van der Waals surface area (Å²) >= 11 is 0. The zero-order chi connectivity index (χ0) is 35.0. The summed E-state index contributed by atoms with van der Waals surface area (Å²) in [4.78, 5) is 2.42. The Hall–Kier alpha value is -6.12. The monoisotopic (exact) mass is 668 g/mol. The van der Waals surface area contributed by atoms with Crippen molar-refractivity contribution >= 4 is 44.0 Å². The molecule has 2 unspecified atom stereocenters. The van der Waals surface area contributed by atoms with Crippen molar-refractivity contribution in [1.82, 2.24) is 4.57 Å². The molecule has 0 N–H and O–H groups in total. The zero-order valence-electron chi connectivity index (χ0n) is 29.8. The van der Waals surface area contributed by atoms with E-state index in [4.69, 9.17) is 0 Å². The second-order valence-electron chi connectivity index (χ2n) is 15.2. The molecule has 0 spiro atoms. The maximum atomic E-state index is 2.53. The van der Waals surface area contributed by atoms with Gasteiger partial charge in [-0.2, -0.15) is 0 Å². The standard InChI is InChI=1S/C50H40N2/c1-49(2)43-23-13-14-24-44(43)50(3)31-30-39(33-46(49)50)51(36-19-8-5-9-20-36)37-26-28-38(29-27-37)52-45-25-15-12-22-41(45)42-32-35-18-10-11-21-40(35)47(48(42)52)34-16-6-4-7-17-34/h4-33,46H,1-3H3. The molecule has 250 valence electrons. The molecule has 0 radical (unpaired) electrons. The number of aromatic nitrogens is 1. The number of nitrogens with zero attached hydrogens (tertiary/aromatic N) is 2. The molecule has 0 aliphatic heterocycles. The summed E-state index contributed by atoms with van der Waals surface area (Å²) in [5, 5.41) is 5.04. The third kappa shape index (κ3) is 4.43. The van der Waals surface area contributed by atoms with Gasteiger partial charge in [0.25, 0.3) is 0 Å². The number of benzene rings is 7. The Kier molecular flexibility index (Phi) is 6.76. The van der Waals surface area contributed by atoms with Gasteiger partial charge in [-0.05, 0) is 87.5 Å². The minimum absolute atomic E-state index is 0.00470. The van der Waals surface area contributed by atoms with E-state index in [1.165, 1.54) is 60.5 Å². The molecular weight excluding hydrogens is 629 g/mol. The highest BCUT2D eigenvalue weighted by molar-refractivity contribution is 6.21. The van der Waals surface area contributed by atoms with Crippen LogP contribution in [-0.2, 0) is 10.8 Å². The van der Waals surface area contributed by atoms with Crippen molar-refractivity contribution in [2.45, 2.75) is 31.6 Å². The van der Waals surface area contributed by atoms with Gasteiger partial charge in [0.15, 0.2) is 0 Å². The van der Waals surface area contributed by atoms with Gasteiger partial charge in [-0.1, -0.05) is 148 Å². The minimum atomic E-state index is -0.0486. The Morgan fingerprint density at radius 3 is 1.94 bits per heavy atom. The van der Waals surface area contributed by atoms with E-state index in [2.05, 4.69) is 212 Å². The first kappa shape index (κ1) is 30.7. The van der Waals surface area contributed by atoms with Gasteiger partial charge in [0, 0.05) is 50.4 Å². The van der Waals surface area contributed by atoms with Crippen LogP contribution in [0.5, 0.6) is 0 Å². The number of hydrogen-bond acceptors (Lipinski definition) is 1. The summed E-state index contributed by atoms with van der Waals surface area (Å²) < 4.78 is 2.47. The number of fused-ring (bicyclic) bond motifs is 7. The number of anilines is 2. The van der Waals surface area contributed by atoms with Crippen LogP contribution < -0.4 is 4.90 Å². The highest BCUT2D eigenvalue weighted by atomic mass is 15.1. The smallest absolute Gasteiger partial charge is 0.0625 e. The van der Waals surface area contributed by atoms with Crippen LogP contribution in [0.3, 0.4) is 0 Å². The predicted molar refractivity (Wildman–Crippen MR) is 220 cm³/mol. The minimum Gasteiger partial charge on any atom is -0.311 e. The van der Waals surface area contributed by atoms with E-state index in [0.717, 1.165) is 17.1 Å². The summed E-state index contributed by atoms with van der Waals surface area (Å²) in [5.74, 6) is 0.326. The Bertz CT molecular complexity index is 2710. The van der Waals surface area contributed by atoms with Crippen molar-refractivity contribution in [3.05, 3.63) is 199 Å². The van der Waals surface area contributed by atoms with Gasteiger partial charge in [0.1, 0.15) is 0 Å². The van der Waals surface area contributed by atoms with Gasteiger partial charge in [-0.3, -0.25) is 0 Å². The summed E-state index contributed by atoms with van der Waals surface area (Å²) in [6.45, 7) is 7.24. The third-order valence-electron chi connectivity index (χ3n) is 11.9. The molecule has 2 aliphatic carbocycles. The van der Waals surface area contributed by atoms with Crippen molar-refractivity contribution in [1.29, 1.82) is 0 Å². The van der Waals surface area contributed by atoms with E-state index >= 15 is 0 Å². The summed E-state index contributed by atoms with van der Waals surface area (Å²) in [6, 6.07) is 59.9. The van der Waals surface area contributed by atoms with E-state index < -0.39 is 0 Å². The van der Waals surface area contributed by atoms with Gasteiger partial charge in [-0.25, -0.2) is 0 Å². The normalized spacial score (nSPS) is 18.8. The van der Waals surface area contributed by atoms with Crippen molar-refractivity contribution in [3.8, 4) is 16.8 Å². The van der Waals surface area contributed by atoms with Crippen LogP contribution in [0.2, 0.25) is 0 Å². The second kappa shape index (κ2) is 11.4. The first-order chi connectivity index (χ1) is 25.4. The fourth-order valence-corrected chi connectivity index (χ4v) is 9.54. The molecular formula is C50H40N2. The molecule has 2 nitrogen and oxygen atoms in total. The molecule has 7 aromatic carbocycles. The van der Waals surface area contributed by atoms with Crippen molar-refractivity contribution < 1.29 is 0 Å². The molecule has 0 bridgehead atoms. The summed E-state index contributed by atoms with van der Waals surface area (Å²) in [5.41, 5.74) is 12.4. The quantitative estimate of drug-likeness (QED) is 0.177. The van der Waals surface area contributed by atoms with E-state index in [1.807, 2.05) is 0 Å². The fraction of sp³-hybridized carbons (Fsp3) is 0.120. The lowest BCUT2D eigenvalue weighted by Crippen LogP contribution is -2.36. The highest BCUT2D eigenvalue weighted by Crippen LogP contribution is 2.57. The Labute approximate surface area is 305 Å². The number of hydrogen-bond donors (Lipinski definition) is 0. The lowest BCUT2D eigenvalue weighted by molar-refractivity contribution is 0.322. The van der Waals surface area contributed by atoms with Crippen LogP contribution in [0, 0.1) is 5.92 Å². The van der Waals surface area contributed by atoms with Crippen molar-refractivity contribution in [2.75, 3.05) is 4.90 Å². The Morgan fingerprint density at radius 1 is 0.558 bits per heavy atom. The lowest BCUT2D eigenvalue weighted by atomic mass is 9.67. The molecule has 2 atom stereocenters. The van der Waals surface area contributed by atoms with Gasteiger partial charge in [-0.15, -0.1) is 0 Å². The topological polar surface area (TPSA) is 8.17 Å². The Morgan fingerprint density at radius 2 is 1.17 bits per heavy atom. The van der Waals surface area contributed by atoms with Crippen molar-refractivity contribution in [2.24, 2.45) is 5.92 Å². The molecule has 2 aliphatic rings. The van der Waals surface area contributed by atoms with Crippen LogP contribution in [0.4, 0.5) is 11.4 Å². The molecule has 0 fully saturated rings. The van der Waals surface area contributed by atoms with E-state index in [-0.39, 0.29) is 10.8 Å². The molecule has 52 heavy (non-hydrogen) atoms. The maximum absolute atomic E-state index is 2.53. The van der Waals surface area contributed by atoms with E-state index in [1.54, 1.807) is 0 Å². The lowest BCUT2D eigenvalue weighted by Gasteiger charge is -2.39.